The number of Topliss-reactive ketones (excluding diaryl/α,β-unsaturated/α-hetero) is 1. The van der Waals surface area contributed by atoms with Crippen LogP contribution < -0.4 is 5.32 Å². The Morgan fingerprint density at radius 3 is 2.39 bits per heavy atom. The van der Waals surface area contributed by atoms with Gasteiger partial charge >= 0.3 is 6.03 Å². The average molecular weight is 468 g/mol. The minimum absolute atomic E-state index is 0.0434. The third-order valence-electron chi connectivity index (χ3n) is 7.12. The van der Waals surface area contributed by atoms with E-state index in [0.717, 1.165) is 48.5 Å². The van der Waals surface area contributed by atoms with Crippen LogP contribution in [0.2, 0.25) is 0 Å². The first-order valence-corrected chi connectivity index (χ1v) is 12.7. The Balaban J connectivity index is 1.21. The smallest absolute Gasteiger partial charge is 0.321 e. The number of nitrogens with one attached hydrogen (secondary N) is 1. The van der Waals surface area contributed by atoms with Gasteiger partial charge in [-0.15, -0.1) is 11.3 Å². The van der Waals surface area contributed by atoms with E-state index in [-0.39, 0.29) is 23.1 Å². The molecule has 0 bridgehead atoms. The summed E-state index contributed by atoms with van der Waals surface area (Å²) < 4.78 is 0. The molecule has 3 heterocycles. The number of thiophene rings is 1. The van der Waals surface area contributed by atoms with E-state index in [1.165, 1.54) is 16.9 Å². The van der Waals surface area contributed by atoms with Crippen LogP contribution in [0.4, 0.5) is 10.5 Å². The summed E-state index contributed by atoms with van der Waals surface area (Å²) in [7, 11) is 0. The Morgan fingerprint density at radius 2 is 1.73 bits per heavy atom. The number of benzene rings is 1. The van der Waals surface area contributed by atoms with Crippen molar-refractivity contribution in [1.29, 1.82) is 0 Å². The van der Waals surface area contributed by atoms with Crippen LogP contribution in [0.5, 0.6) is 0 Å². The second-order valence-corrected chi connectivity index (χ2v) is 10.5. The number of piperidine rings is 1. The molecule has 2 aromatic rings. The van der Waals surface area contributed by atoms with E-state index in [4.69, 9.17) is 0 Å². The molecule has 2 saturated heterocycles. The predicted molar refractivity (Wildman–Crippen MR) is 132 cm³/mol. The normalized spacial score (nSPS) is 17.4. The lowest BCUT2D eigenvalue weighted by Gasteiger charge is -2.39. The van der Waals surface area contributed by atoms with E-state index in [2.05, 4.69) is 11.4 Å². The lowest BCUT2D eigenvalue weighted by atomic mass is 9.78. The van der Waals surface area contributed by atoms with Crippen molar-refractivity contribution < 1.29 is 14.4 Å². The zero-order valence-electron chi connectivity index (χ0n) is 19.6. The van der Waals surface area contributed by atoms with Gasteiger partial charge in [0.2, 0.25) is 5.91 Å². The average Bonchev–Trinajstić information content (AvgIpc) is 3.47. The summed E-state index contributed by atoms with van der Waals surface area (Å²) in [6.45, 7) is 7.05. The number of urea groups is 1. The second kappa shape index (κ2) is 10.1. The molecule has 3 amide bonds. The summed E-state index contributed by atoms with van der Waals surface area (Å²) >= 11 is 1.46. The fraction of sp³-hybridized carbons (Fsp3) is 0.500. The summed E-state index contributed by atoms with van der Waals surface area (Å²) in [6, 6.07) is 9.72. The molecule has 1 N–H and O–H groups in total. The maximum atomic E-state index is 12.8. The molecule has 176 valence electrons. The summed E-state index contributed by atoms with van der Waals surface area (Å²) in [6.07, 6.45) is 4.31. The first-order valence-electron chi connectivity index (χ1n) is 11.8. The fourth-order valence-corrected chi connectivity index (χ4v) is 5.70. The monoisotopic (exact) mass is 467 g/mol. The van der Waals surface area contributed by atoms with Gasteiger partial charge in [-0.1, -0.05) is 23.8 Å². The number of likely N-dealkylation sites (tertiary alicyclic amines) is 2. The largest absolute Gasteiger partial charge is 0.342 e. The maximum absolute atomic E-state index is 12.8. The van der Waals surface area contributed by atoms with Crippen molar-refractivity contribution in [3.05, 3.63) is 51.7 Å². The van der Waals surface area contributed by atoms with Gasteiger partial charge in [-0.3, -0.25) is 9.59 Å². The predicted octanol–water partition coefficient (Wildman–Crippen LogP) is 5.26. The van der Waals surface area contributed by atoms with Gasteiger partial charge in [-0.2, -0.15) is 0 Å². The van der Waals surface area contributed by atoms with Crippen LogP contribution in [-0.2, 0) is 4.79 Å². The summed E-state index contributed by atoms with van der Waals surface area (Å²) in [4.78, 5) is 42.3. The standard InChI is InChI=1S/C26H33N3O3S/c1-19-8-9-21(20(2)17-19)27-25(32)28-13-10-26(11-14-28)12-15-29(18-26)24(31)7-3-5-22(30)23-6-4-16-33-23/h4,6,8-9,16-17H,3,5,7,10-15,18H2,1-2H3,(H,27,32). The van der Waals surface area contributed by atoms with Gasteiger partial charge in [0.25, 0.3) is 0 Å². The lowest BCUT2D eigenvalue weighted by molar-refractivity contribution is -0.130. The summed E-state index contributed by atoms with van der Waals surface area (Å²) in [5, 5.41) is 4.95. The van der Waals surface area contributed by atoms with Crippen LogP contribution in [0.25, 0.3) is 0 Å². The van der Waals surface area contributed by atoms with Crippen LogP contribution in [-0.4, -0.2) is 53.7 Å². The number of hydrogen-bond acceptors (Lipinski definition) is 4. The van der Waals surface area contributed by atoms with Gasteiger partial charge in [0.15, 0.2) is 5.78 Å². The minimum atomic E-state index is -0.0434. The lowest BCUT2D eigenvalue weighted by Crippen LogP contribution is -2.46. The molecule has 1 aromatic heterocycles. The van der Waals surface area contributed by atoms with Crippen molar-refractivity contribution in [1.82, 2.24) is 9.80 Å². The number of ketones is 1. The van der Waals surface area contributed by atoms with Gasteiger partial charge < -0.3 is 15.1 Å². The molecule has 2 aliphatic rings. The number of aryl methyl sites for hydroxylation is 2. The first kappa shape index (κ1) is 23.5. The van der Waals surface area contributed by atoms with Gasteiger partial charge in [-0.25, -0.2) is 4.79 Å². The van der Waals surface area contributed by atoms with Crippen molar-refractivity contribution >= 4 is 34.7 Å². The number of rotatable bonds is 6. The molecular formula is C26H33N3O3S. The molecule has 0 atom stereocenters. The number of anilines is 1. The molecule has 4 rings (SSSR count). The zero-order chi connectivity index (χ0) is 23.4. The molecule has 0 aliphatic carbocycles. The quantitative estimate of drug-likeness (QED) is 0.589. The van der Waals surface area contributed by atoms with E-state index >= 15 is 0 Å². The number of nitrogens with zero attached hydrogens (tertiary/aromatic N) is 2. The summed E-state index contributed by atoms with van der Waals surface area (Å²) in [5.41, 5.74) is 3.23. The number of carbonyl (C=O) groups excluding carboxylic acids is 3. The van der Waals surface area contributed by atoms with Crippen molar-refractivity contribution in [3.8, 4) is 0 Å². The Kier molecular flexibility index (Phi) is 7.17. The molecule has 1 spiro atoms. The highest BCUT2D eigenvalue weighted by molar-refractivity contribution is 7.12. The maximum Gasteiger partial charge on any atom is 0.321 e. The molecular weight excluding hydrogens is 434 g/mol. The van der Waals surface area contributed by atoms with Crippen molar-refractivity contribution in [2.24, 2.45) is 5.41 Å². The molecule has 2 fully saturated rings. The molecule has 0 unspecified atom stereocenters. The van der Waals surface area contributed by atoms with Crippen LogP contribution in [0, 0.1) is 19.3 Å². The topological polar surface area (TPSA) is 69.7 Å². The first-order chi connectivity index (χ1) is 15.8. The van der Waals surface area contributed by atoms with E-state index in [1.807, 2.05) is 53.3 Å². The zero-order valence-corrected chi connectivity index (χ0v) is 20.4. The Morgan fingerprint density at radius 1 is 1.00 bits per heavy atom. The SMILES string of the molecule is Cc1ccc(NC(=O)N2CCC3(CCN(C(=O)CCCC(=O)c4cccs4)C3)CC2)c(C)c1. The molecule has 6 nitrogen and oxygen atoms in total. The Labute approximate surface area is 200 Å². The van der Waals surface area contributed by atoms with E-state index in [0.29, 0.717) is 32.4 Å². The number of carbonyl (C=O) groups is 3. The van der Waals surface area contributed by atoms with Crippen molar-refractivity contribution in [3.63, 3.8) is 0 Å². The van der Waals surface area contributed by atoms with Crippen LogP contribution in [0.1, 0.15) is 59.3 Å². The number of hydrogen-bond donors (Lipinski definition) is 1. The highest BCUT2D eigenvalue weighted by Crippen LogP contribution is 2.40. The van der Waals surface area contributed by atoms with Gasteiger partial charge in [0.05, 0.1) is 4.88 Å². The Hall–Kier alpha value is -2.67. The van der Waals surface area contributed by atoms with E-state index in [9.17, 15) is 14.4 Å². The molecule has 7 heteroatoms. The molecule has 33 heavy (non-hydrogen) atoms. The number of amides is 3. The minimum Gasteiger partial charge on any atom is -0.342 e. The molecule has 0 saturated carbocycles. The highest BCUT2D eigenvalue weighted by atomic mass is 32.1. The van der Waals surface area contributed by atoms with Crippen LogP contribution in [0.15, 0.2) is 35.7 Å². The van der Waals surface area contributed by atoms with Crippen molar-refractivity contribution in [2.75, 3.05) is 31.5 Å². The Bertz CT molecular complexity index is 1010. The van der Waals surface area contributed by atoms with Gasteiger partial charge in [0, 0.05) is 44.7 Å². The van der Waals surface area contributed by atoms with Gasteiger partial charge in [-0.05, 0) is 68.0 Å². The van der Waals surface area contributed by atoms with E-state index in [1.54, 1.807) is 0 Å². The van der Waals surface area contributed by atoms with Crippen molar-refractivity contribution in [2.45, 2.75) is 52.4 Å². The summed E-state index contributed by atoms with van der Waals surface area (Å²) in [5.74, 6) is 0.281. The van der Waals surface area contributed by atoms with Crippen LogP contribution >= 0.6 is 11.3 Å². The second-order valence-electron chi connectivity index (χ2n) is 9.55. The molecule has 2 aliphatic heterocycles. The van der Waals surface area contributed by atoms with Crippen LogP contribution in [0.3, 0.4) is 0 Å². The third kappa shape index (κ3) is 5.64. The fourth-order valence-electron chi connectivity index (χ4n) is 5.01. The van der Waals surface area contributed by atoms with E-state index < -0.39 is 0 Å². The van der Waals surface area contributed by atoms with Gasteiger partial charge in [0.1, 0.15) is 0 Å². The molecule has 0 radical (unpaired) electrons. The third-order valence-corrected chi connectivity index (χ3v) is 8.03. The highest BCUT2D eigenvalue weighted by Gasteiger charge is 2.42. The molecule has 1 aromatic carbocycles.